The van der Waals surface area contributed by atoms with E-state index in [2.05, 4.69) is 31.7 Å². The van der Waals surface area contributed by atoms with E-state index in [1.807, 2.05) is 17.9 Å². The van der Waals surface area contributed by atoms with Crippen molar-refractivity contribution in [2.75, 3.05) is 50.8 Å². The number of hydrogen-bond acceptors (Lipinski definition) is 8. The predicted molar refractivity (Wildman–Crippen MR) is 128 cm³/mol. The molecule has 34 heavy (non-hydrogen) atoms. The molecule has 0 radical (unpaired) electrons. The van der Waals surface area contributed by atoms with Crippen LogP contribution >= 0.6 is 0 Å². The highest BCUT2D eigenvalue weighted by Gasteiger charge is 2.29. The van der Waals surface area contributed by atoms with Crippen molar-refractivity contribution in [1.29, 1.82) is 0 Å². The topological polar surface area (TPSA) is 107 Å². The van der Waals surface area contributed by atoms with E-state index in [0.717, 1.165) is 37.0 Å². The van der Waals surface area contributed by atoms with Crippen LogP contribution in [-0.2, 0) is 5.79 Å². The number of nitrogens with one attached hydrogen (secondary N) is 2. The van der Waals surface area contributed by atoms with Crippen molar-refractivity contribution in [3.05, 3.63) is 65.3 Å². The Kier molecular flexibility index (Phi) is 7.25. The smallest absolute Gasteiger partial charge is 0.228 e. The number of aliphatic imine (C=N–C) groups is 1. The fraction of sp³-hybridized carbons (Fsp3) is 0.391. The third-order valence-electron chi connectivity index (χ3n) is 5.91. The van der Waals surface area contributed by atoms with E-state index in [1.54, 1.807) is 17.0 Å². The van der Waals surface area contributed by atoms with E-state index >= 15 is 0 Å². The lowest BCUT2D eigenvalue weighted by Gasteiger charge is -2.35. The maximum Gasteiger partial charge on any atom is 0.228 e. The number of benzene rings is 1. The maximum atomic E-state index is 13.5. The van der Waals surface area contributed by atoms with Crippen molar-refractivity contribution in [3.8, 4) is 0 Å². The minimum Gasteiger partial charge on any atom is -0.395 e. The van der Waals surface area contributed by atoms with Crippen molar-refractivity contribution >= 4 is 18.1 Å². The van der Waals surface area contributed by atoms with Gasteiger partial charge < -0.3 is 20.6 Å². The number of nitrogens with two attached hydrogens (primary N) is 1. The van der Waals surface area contributed by atoms with Gasteiger partial charge in [-0.2, -0.15) is 5.10 Å². The molecule has 1 aromatic carbocycles. The summed E-state index contributed by atoms with van der Waals surface area (Å²) in [5.41, 5.74) is 8.87. The molecule has 2 aromatic rings. The molecule has 9 nitrogen and oxygen atoms in total. The van der Waals surface area contributed by atoms with Crippen LogP contribution in [0.5, 0.6) is 0 Å². The number of hydrogen-bond donors (Lipinski definition) is 4. The molecular weight excluding hydrogens is 442 g/mol. The summed E-state index contributed by atoms with van der Waals surface area (Å²) in [6.07, 6.45) is 9.07. The van der Waals surface area contributed by atoms with E-state index in [1.165, 1.54) is 18.5 Å². The van der Waals surface area contributed by atoms with E-state index in [-0.39, 0.29) is 6.61 Å². The van der Waals surface area contributed by atoms with Gasteiger partial charge in [-0.05, 0) is 19.1 Å². The zero-order valence-corrected chi connectivity index (χ0v) is 19.1. The van der Waals surface area contributed by atoms with Crippen LogP contribution in [0.4, 0.5) is 14.5 Å². The van der Waals surface area contributed by atoms with Crippen molar-refractivity contribution in [3.63, 3.8) is 0 Å². The largest absolute Gasteiger partial charge is 0.395 e. The number of aliphatic hydroxyl groups excluding tert-OH is 1. The lowest BCUT2D eigenvalue weighted by Crippen LogP contribution is -2.46. The molecule has 0 amide bonds. The van der Waals surface area contributed by atoms with Gasteiger partial charge in [0.1, 0.15) is 17.5 Å². The Balaban J connectivity index is 1.34. The Morgan fingerprint density at radius 3 is 2.65 bits per heavy atom. The van der Waals surface area contributed by atoms with Crippen LogP contribution in [0.1, 0.15) is 11.3 Å². The van der Waals surface area contributed by atoms with Crippen molar-refractivity contribution in [2.45, 2.75) is 12.7 Å². The van der Waals surface area contributed by atoms with E-state index in [9.17, 15) is 8.78 Å². The van der Waals surface area contributed by atoms with E-state index < -0.39 is 17.4 Å². The highest BCUT2D eigenvalue weighted by molar-refractivity contribution is 5.60. The number of aromatic nitrogens is 2. The Labute approximate surface area is 197 Å². The molecule has 2 aliphatic rings. The molecule has 4 rings (SSSR count). The quantitative estimate of drug-likeness (QED) is 0.453. The Morgan fingerprint density at radius 1 is 1.21 bits per heavy atom. The van der Waals surface area contributed by atoms with Crippen LogP contribution in [-0.4, -0.2) is 72.0 Å². The first kappa shape index (κ1) is 23.9. The molecule has 182 valence electrons. The van der Waals surface area contributed by atoms with Crippen LogP contribution < -0.4 is 21.3 Å². The van der Waals surface area contributed by atoms with Gasteiger partial charge in [-0.1, -0.05) is 12.2 Å². The lowest BCUT2D eigenvalue weighted by atomic mass is 10.2. The predicted octanol–water partition coefficient (Wildman–Crippen LogP) is 0.929. The van der Waals surface area contributed by atoms with Gasteiger partial charge in [0.25, 0.3) is 0 Å². The molecule has 0 spiro atoms. The standard InChI is InChI=1S/C23H30F2N8O/c1-17-18(15-30-33(17)23(26)14-22(27-4-10-34)28-16-29-23)3-2-5-31-6-8-32(9-7-31)21-12-19(24)11-20(25)13-21/h2-3,11-16,27,34H,4-10,26H2,1H3,(H,28,29). The molecule has 1 unspecified atom stereocenters. The number of nitrogens with zero attached hydrogens (tertiary/aromatic N) is 5. The third kappa shape index (κ3) is 5.44. The Hall–Kier alpha value is -3.28. The summed E-state index contributed by atoms with van der Waals surface area (Å²) in [6, 6.07) is 3.63. The van der Waals surface area contributed by atoms with E-state index in [4.69, 9.17) is 10.8 Å². The van der Waals surface area contributed by atoms with Gasteiger partial charge in [-0.15, -0.1) is 0 Å². The first-order chi connectivity index (χ1) is 16.4. The second-order valence-corrected chi connectivity index (χ2v) is 8.31. The minimum atomic E-state index is -1.17. The lowest BCUT2D eigenvalue weighted by molar-refractivity contribution is 0.284. The van der Waals surface area contributed by atoms with Crippen LogP contribution in [0.2, 0.25) is 0 Å². The summed E-state index contributed by atoms with van der Waals surface area (Å²) in [7, 11) is 0. The van der Waals surface area contributed by atoms with Crippen LogP contribution in [0, 0.1) is 18.6 Å². The molecule has 2 aliphatic heterocycles. The molecule has 3 heterocycles. The molecule has 0 saturated carbocycles. The minimum absolute atomic E-state index is 0.00187. The summed E-state index contributed by atoms with van der Waals surface area (Å²) in [5, 5.41) is 19.5. The summed E-state index contributed by atoms with van der Waals surface area (Å²) >= 11 is 0. The van der Waals surface area contributed by atoms with Gasteiger partial charge in [-0.3, -0.25) is 10.6 Å². The van der Waals surface area contributed by atoms with Crippen LogP contribution in [0.25, 0.3) is 6.08 Å². The normalized spacial score (nSPS) is 21.1. The van der Waals surface area contributed by atoms with Crippen molar-refractivity contribution < 1.29 is 13.9 Å². The molecule has 0 aliphatic carbocycles. The monoisotopic (exact) mass is 472 g/mol. The summed E-state index contributed by atoms with van der Waals surface area (Å²) in [5.74, 6) is -1.64. The molecule has 5 N–H and O–H groups in total. The fourth-order valence-corrected chi connectivity index (χ4v) is 4.09. The second-order valence-electron chi connectivity index (χ2n) is 8.31. The van der Waals surface area contributed by atoms with Gasteiger partial charge in [0.05, 0.1) is 19.1 Å². The highest BCUT2D eigenvalue weighted by atomic mass is 19.1. The van der Waals surface area contributed by atoms with Gasteiger partial charge in [0.2, 0.25) is 5.79 Å². The van der Waals surface area contributed by atoms with Gasteiger partial charge in [-0.25, -0.2) is 18.5 Å². The summed E-state index contributed by atoms with van der Waals surface area (Å²) in [4.78, 5) is 8.62. The average molecular weight is 473 g/mol. The molecule has 1 fully saturated rings. The van der Waals surface area contributed by atoms with Gasteiger partial charge >= 0.3 is 0 Å². The number of piperazine rings is 1. The number of aliphatic hydroxyl groups is 1. The molecule has 1 atom stereocenters. The highest BCUT2D eigenvalue weighted by Crippen LogP contribution is 2.22. The fourth-order valence-electron chi connectivity index (χ4n) is 4.09. The van der Waals surface area contributed by atoms with Gasteiger partial charge in [0.15, 0.2) is 0 Å². The first-order valence-corrected chi connectivity index (χ1v) is 11.2. The maximum absolute atomic E-state index is 13.5. The van der Waals surface area contributed by atoms with Crippen molar-refractivity contribution in [1.82, 2.24) is 25.3 Å². The average Bonchev–Trinajstić information content (AvgIpc) is 3.19. The van der Waals surface area contributed by atoms with Crippen LogP contribution in [0.3, 0.4) is 0 Å². The molecule has 1 aromatic heterocycles. The van der Waals surface area contributed by atoms with Crippen molar-refractivity contribution in [2.24, 2.45) is 10.7 Å². The number of anilines is 1. The second kappa shape index (κ2) is 10.3. The first-order valence-electron chi connectivity index (χ1n) is 11.2. The summed E-state index contributed by atoms with van der Waals surface area (Å²) < 4.78 is 28.7. The Morgan fingerprint density at radius 2 is 1.94 bits per heavy atom. The zero-order chi connectivity index (χ0) is 24.1. The SMILES string of the molecule is Cc1c(C=CCN2CCN(c3cc(F)cc(F)c3)CC2)cnn1C1(N)C=C(NCCO)NC=N1. The summed E-state index contributed by atoms with van der Waals surface area (Å²) in [6.45, 7) is 6.07. The molecule has 0 bridgehead atoms. The van der Waals surface area contributed by atoms with E-state index in [0.29, 0.717) is 31.1 Å². The van der Waals surface area contributed by atoms with Crippen LogP contribution in [0.15, 0.2) is 47.4 Å². The molecule has 1 saturated heterocycles. The molecule has 11 heteroatoms. The zero-order valence-electron chi connectivity index (χ0n) is 19.1. The van der Waals surface area contributed by atoms with Gasteiger partial charge in [0, 0.05) is 68.4 Å². The third-order valence-corrected chi connectivity index (χ3v) is 5.91. The number of rotatable bonds is 8. The Bertz CT molecular complexity index is 1070. The molecular formula is C23H30F2N8O. The number of halogens is 2.